The molecular formula is C17H26N2O. The Morgan fingerprint density at radius 3 is 2.40 bits per heavy atom. The predicted octanol–water partition coefficient (Wildman–Crippen LogP) is 2.55. The van der Waals surface area contributed by atoms with Crippen LogP contribution < -0.4 is 4.90 Å². The number of hydrogen-bond acceptors (Lipinski definition) is 3. The minimum atomic E-state index is 0.135. The SMILES string of the molecule is Cc1cc(CO)ccc1N1CCN(C2CCCC2)CC1. The van der Waals surface area contributed by atoms with Gasteiger partial charge in [0.05, 0.1) is 6.61 Å². The van der Waals surface area contributed by atoms with Gasteiger partial charge in [-0.15, -0.1) is 0 Å². The summed E-state index contributed by atoms with van der Waals surface area (Å²) in [6.07, 6.45) is 5.66. The van der Waals surface area contributed by atoms with Crippen molar-refractivity contribution in [3.8, 4) is 0 Å². The molecule has 1 saturated heterocycles. The second kappa shape index (κ2) is 6.15. The van der Waals surface area contributed by atoms with Gasteiger partial charge in [-0.25, -0.2) is 0 Å². The van der Waals surface area contributed by atoms with Crippen LogP contribution in [-0.4, -0.2) is 42.2 Å². The van der Waals surface area contributed by atoms with Gasteiger partial charge in [0.25, 0.3) is 0 Å². The summed E-state index contributed by atoms with van der Waals surface area (Å²) in [6, 6.07) is 7.19. The first-order valence-corrected chi connectivity index (χ1v) is 7.97. The van der Waals surface area contributed by atoms with Gasteiger partial charge < -0.3 is 10.0 Å². The molecule has 0 atom stereocenters. The fourth-order valence-corrected chi connectivity index (χ4v) is 3.77. The third-order valence-electron chi connectivity index (χ3n) is 4.94. The van der Waals surface area contributed by atoms with Gasteiger partial charge in [-0.05, 0) is 37.0 Å². The van der Waals surface area contributed by atoms with E-state index in [1.54, 1.807) is 0 Å². The Hall–Kier alpha value is -1.06. The average molecular weight is 274 g/mol. The minimum Gasteiger partial charge on any atom is -0.392 e. The summed E-state index contributed by atoms with van der Waals surface area (Å²) in [7, 11) is 0. The summed E-state index contributed by atoms with van der Waals surface area (Å²) in [5.41, 5.74) is 3.63. The quantitative estimate of drug-likeness (QED) is 0.917. The van der Waals surface area contributed by atoms with Crippen molar-refractivity contribution in [2.45, 2.75) is 45.3 Å². The molecule has 3 heteroatoms. The molecule has 3 rings (SSSR count). The van der Waals surface area contributed by atoms with E-state index in [9.17, 15) is 5.11 Å². The first-order valence-electron chi connectivity index (χ1n) is 7.97. The zero-order chi connectivity index (χ0) is 13.9. The van der Waals surface area contributed by atoms with E-state index in [4.69, 9.17) is 0 Å². The number of piperazine rings is 1. The van der Waals surface area contributed by atoms with E-state index >= 15 is 0 Å². The Balaban J connectivity index is 1.62. The summed E-state index contributed by atoms with van der Waals surface area (Å²) in [5, 5.41) is 9.20. The Bertz CT molecular complexity index is 446. The second-order valence-electron chi connectivity index (χ2n) is 6.24. The molecule has 0 radical (unpaired) electrons. The lowest BCUT2D eigenvalue weighted by Crippen LogP contribution is -2.49. The second-order valence-corrected chi connectivity index (χ2v) is 6.24. The largest absolute Gasteiger partial charge is 0.392 e. The van der Waals surface area contributed by atoms with Gasteiger partial charge in [-0.2, -0.15) is 0 Å². The van der Waals surface area contributed by atoms with E-state index in [0.717, 1.165) is 24.7 Å². The molecule has 20 heavy (non-hydrogen) atoms. The summed E-state index contributed by atoms with van der Waals surface area (Å²) in [5.74, 6) is 0. The lowest BCUT2D eigenvalue weighted by molar-refractivity contribution is 0.187. The molecule has 1 aromatic rings. The normalized spacial score (nSPS) is 21.6. The van der Waals surface area contributed by atoms with E-state index in [1.165, 1.54) is 50.0 Å². The average Bonchev–Trinajstić information content (AvgIpc) is 3.01. The highest BCUT2D eigenvalue weighted by molar-refractivity contribution is 5.54. The van der Waals surface area contributed by atoms with Gasteiger partial charge in [0.2, 0.25) is 0 Å². The molecule has 1 saturated carbocycles. The Morgan fingerprint density at radius 1 is 1.10 bits per heavy atom. The molecule has 3 nitrogen and oxygen atoms in total. The molecule has 2 aliphatic rings. The van der Waals surface area contributed by atoms with Crippen LogP contribution in [0.25, 0.3) is 0 Å². The number of aliphatic hydroxyl groups is 1. The fourth-order valence-electron chi connectivity index (χ4n) is 3.77. The van der Waals surface area contributed by atoms with Crippen molar-refractivity contribution in [2.24, 2.45) is 0 Å². The number of anilines is 1. The van der Waals surface area contributed by atoms with Crippen molar-refractivity contribution in [3.05, 3.63) is 29.3 Å². The van der Waals surface area contributed by atoms with E-state index in [-0.39, 0.29) is 6.61 Å². The van der Waals surface area contributed by atoms with Gasteiger partial charge in [-0.1, -0.05) is 25.0 Å². The summed E-state index contributed by atoms with van der Waals surface area (Å²) < 4.78 is 0. The van der Waals surface area contributed by atoms with Crippen LogP contribution in [0.5, 0.6) is 0 Å². The van der Waals surface area contributed by atoms with Gasteiger partial charge in [-0.3, -0.25) is 4.90 Å². The lowest BCUT2D eigenvalue weighted by atomic mass is 10.1. The highest BCUT2D eigenvalue weighted by Gasteiger charge is 2.26. The zero-order valence-electron chi connectivity index (χ0n) is 12.5. The van der Waals surface area contributed by atoms with Crippen LogP contribution >= 0.6 is 0 Å². The predicted molar refractivity (Wildman–Crippen MR) is 83.1 cm³/mol. The molecule has 0 aromatic heterocycles. The molecule has 0 unspecified atom stereocenters. The van der Waals surface area contributed by atoms with Crippen LogP contribution in [0.15, 0.2) is 18.2 Å². The topological polar surface area (TPSA) is 26.7 Å². The first-order chi connectivity index (χ1) is 9.78. The molecule has 0 spiro atoms. The third-order valence-corrected chi connectivity index (χ3v) is 4.94. The van der Waals surface area contributed by atoms with Crippen molar-refractivity contribution in [1.82, 2.24) is 4.90 Å². The van der Waals surface area contributed by atoms with Crippen LogP contribution in [0.3, 0.4) is 0 Å². The number of rotatable bonds is 3. The molecule has 1 aliphatic carbocycles. The van der Waals surface area contributed by atoms with Crippen molar-refractivity contribution in [3.63, 3.8) is 0 Å². The summed E-state index contributed by atoms with van der Waals surface area (Å²) in [6.45, 7) is 6.96. The lowest BCUT2D eigenvalue weighted by Gasteiger charge is -2.39. The summed E-state index contributed by atoms with van der Waals surface area (Å²) >= 11 is 0. The Kier molecular flexibility index (Phi) is 4.27. The number of benzene rings is 1. The molecule has 0 bridgehead atoms. The highest BCUT2D eigenvalue weighted by Crippen LogP contribution is 2.27. The fraction of sp³-hybridized carbons (Fsp3) is 0.647. The van der Waals surface area contributed by atoms with Gasteiger partial charge in [0, 0.05) is 37.9 Å². The van der Waals surface area contributed by atoms with Crippen LogP contribution in [0.2, 0.25) is 0 Å². The zero-order valence-corrected chi connectivity index (χ0v) is 12.5. The Labute approximate surface area is 122 Å². The molecule has 110 valence electrons. The number of nitrogens with zero attached hydrogens (tertiary/aromatic N) is 2. The van der Waals surface area contributed by atoms with Gasteiger partial charge in [0.15, 0.2) is 0 Å². The van der Waals surface area contributed by atoms with Gasteiger partial charge >= 0.3 is 0 Å². The maximum absolute atomic E-state index is 9.20. The maximum Gasteiger partial charge on any atom is 0.0681 e. The first kappa shape index (κ1) is 13.9. The van der Waals surface area contributed by atoms with Crippen molar-refractivity contribution in [1.29, 1.82) is 0 Å². The minimum absolute atomic E-state index is 0.135. The van der Waals surface area contributed by atoms with E-state index in [0.29, 0.717) is 0 Å². The van der Waals surface area contributed by atoms with Crippen molar-refractivity contribution < 1.29 is 5.11 Å². The van der Waals surface area contributed by atoms with Crippen LogP contribution in [0, 0.1) is 6.92 Å². The van der Waals surface area contributed by atoms with Gasteiger partial charge in [0.1, 0.15) is 0 Å². The maximum atomic E-state index is 9.20. The summed E-state index contributed by atoms with van der Waals surface area (Å²) in [4.78, 5) is 5.20. The molecule has 1 aliphatic heterocycles. The highest BCUT2D eigenvalue weighted by atomic mass is 16.3. The molecule has 1 aromatic carbocycles. The number of hydrogen-bond donors (Lipinski definition) is 1. The standard InChI is InChI=1S/C17H26N2O/c1-14-12-15(13-20)6-7-17(14)19-10-8-18(9-11-19)16-4-2-3-5-16/h6-7,12,16,20H,2-5,8-11,13H2,1H3. The van der Waals surface area contributed by atoms with Crippen LogP contribution in [0.1, 0.15) is 36.8 Å². The third kappa shape index (κ3) is 2.84. The monoisotopic (exact) mass is 274 g/mol. The van der Waals surface area contributed by atoms with E-state index in [2.05, 4.69) is 28.9 Å². The molecule has 2 fully saturated rings. The smallest absolute Gasteiger partial charge is 0.0681 e. The number of aryl methyl sites for hydroxylation is 1. The number of aliphatic hydroxyl groups excluding tert-OH is 1. The Morgan fingerprint density at radius 2 is 1.80 bits per heavy atom. The van der Waals surface area contributed by atoms with Crippen LogP contribution in [0.4, 0.5) is 5.69 Å². The molecule has 1 N–H and O–H groups in total. The van der Waals surface area contributed by atoms with Crippen molar-refractivity contribution >= 4 is 5.69 Å². The molecule has 1 heterocycles. The van der Waals surface area contributed by atoms with E-state index in [1.807, 2.05) is 6.07 Å². The van der Waals surface area contributed by atoms with Crippen LogP contribution in [-0.2, 0) is 6.61 Å². The molecular weight excluding hydrogens is 248 g/mol. The molecule has 0 amide bonds. The van der Waals surface area contributed by atoms with E-state index < -0.39 is 0 Å². The van der Waals surface area contributed by atoms with Crippen molar-refractivity contribution in [2.75, 3.05) is 31.1 Å².